The Hall–Kier alpha value is -2.71. The molecule has 2 rings (SSSR count). The summed E-state index contributed by atoms with van der Waals surface area (Å²) in [6, 6.07) is -2.21. The van der Waals surface area contributed by atoms with Crippen molar-refractivity contribution in [1.29, 1.82) is 0 Å². The summed E-state index contributed by atoms with van der Waals surface area (Å²) in [5.41, 5.74) is 4.75. The summed E-state index contributed by atoms with van der Waals surface area (Å²) in [6.07, 6.45) is 4.61. The zero-order chi connectivity index (χ0) is 17.1. The molecule has 0 spiro atoms. The van der Waals surface area contributed by atoms with E-state index in [-0.39, 0.29) is 0 Å². The van der Waals surface area contributed by atoms with Crippen LogP contribution in [0.3, 0.4) is 0 Å². The van der Waals surface area contributed by atoms with E-state index in [1.54, 1.807) is 5.32 Å². The molecule has 0 unspecified atom stereocenters. The molecule has 124 valence electrons. The first-order chi connectivity index (χ1) is 10.8. The van der Waals surface area contributed by atoms with E-state index in [0.717, 1.165) is 4.90 Å². The second-order valence-electron chi connectivity index (χ2n) is 5.40. The lowest BCUT2D eigenvalue weighted by molar-refractivity contribution is -0.159. The van der Waals surface area contributed by atoms with E-state index in [4.69, 9.17) is 10.5 Å². The van der Waals surface area contributed by atoms with Gasteiger partial charge in [0.2, 0.25) is 11.8 Å². The van der Waals surface area contributed by atoms with Crippen molar-refractivity contribution in [3.63, 3.8) is 0 Å². The topological polar surface area (TPSA) is 136 Å². The fraction of sp³-hybridized carbons (Fsp3) is 0.500. The minimum atomic E-state index is -1.14. The lowest BCUT2D eigenvalue weighted by Crippen LogP contribution is -2.45. The zero-order valence-electron chi connectivity index (χ0n) is 12.5. The number of hydrogen-bond acceptors (Lipinski definition) is 6. The van der Waals surface area contributed by atoms with Crippen LogP contribution in [0.1, 0.15) is 19.8 Å². The van der Waals surface area contributed by atoms with Crippen LogP contribution in [0.2, 0.25) is 0 Å². The third-order valence-electron chi connectivity index (χ3n) is 3.88. The minimum Gasteiger partial charge on any atom is -0.454 e. The molecule has 3 N–H and O–H groups in total. The molecule has 1 saturated heterocycles. The summed E-state index contributed by atoms with van der Waals surface area (Å²) in [5, 5.41) is 1.73. The number of hydrogen-bond donors (Lipinski definition) is 2. The first kappa shape index (κ1) is 16.7. The lowest BCUT2D eigenvalue weighted by Gasteiger charge is -2.21. The number of nitrogens with two attached hydrogens (primary N) is 1. The molecule has 9 heteroatoms. The highest BCUT2D eigenvalue weighted by atomic mass is 16.5. The molecule has 0 radical (unpaired) electrons. The van der Waals surface area contributed by atoms with Gasteiger partial charge in [0, 0.05) is 0 Å². The number of ether oxygens (including phenoxy) is 1. The average Bonchev–Trinajstić information content (AvgIpc) is 2.75. The summed E-state index contributed by atoms with van der Waals surface area (Å²) in [7, 11) is 0. The second-order valence-corrected chi connectivity index (χ2v) is 5.40. The number of allylic oxidation sites excluding steroid dienone is 2. The van der Waals surface area contributed by atoms with Crippen LogP contribution in [0.25, 0.3) is 0 Å². The molecule has 5 amide bonds. The summed E-state index contributed by atoms with van der Waals surface area (Å²) in [6.45, 7) is 0.631. The molecule has 0 bridgehead atoms. The van der Waals surface area contributed by atoms with Gasteiger partial charge in [-0.15, -0.1) is 0 Å². The molecule has 1 heterocycles. The number of carbonyl (C=O) groups excluding carboxylic acids is 5. The number of amides is 5. The Morgan fingerprint density at radius 3 is 2.26 bits per heavy atom. The normalized spacial score (nSPS) is 24.1. The molecule has 3 atom stereocenters. The quantitative estimate of drug-likeness (QED) is 0.389. The number of nitrogens with zero attached hydrogens (tertiary/aromatic N) is 1. The van der Waals surface area contributed by atoms with Gasteiger partial charge in [0.15, 0.2) is 6.61 Å². The van der Waals surface area contributed by atoms with E-state index in [1.807, 2.05) is 12.2 Å². The molecule has 0 aromatic carbocycles. The van der Waals surface area contributed by atoms with Crippen molar-refractivity contribution in [2.75, 3.05) is 6.61 Å². The van der Waals surface area contributed by atoms with Crippen LogP contribution in [-0.4, -0.2) is 47.3 Å². The van der Waals surface area contributed by atoms with Gasteiger partial charge in [0.25, 0.3) is 5.91 Å². The number of fused-ring (bicyclic) bond motifs is 1. The summed E-state index contributed by atoms with van der Waals surface area (Å²) >= 11 is 0. The third-order valence-corrected chi connectivity index (χ3v) is 3.88. The number of carbonyl (C=O) groups is 5. The maximum atomic E-state index is 12.3. The third kappa shape index (κ3) is 3.38. The minimum absolute atomic E-state index is 0.407. The van der Waals surface area contributed by atoms with Gasteiger partial charge < -0.3 is 10.5 Å². The van der Waals surface area contributed by atoms with Gasteiger partial charge in [-0.2, -0.15) is 0 Å². The fourth-order valence-corrected chi connectivity index (χ4v) is 2.74. The number of likely N-dealkylation sites (tertiary alicyclic amines) is 1. The van der Waals surface area contributed by atoms with Crippen molar-refractivity contribution in [2.24, 2.45) is 17.6 Å². The molecule has 0 aromatic rings. The number of urea groups is 1. The molecular formula is C14H17N3O6. The van der Waals surface area contributed by atoms with Gasteiger partial charge in [0.1, 0.15) is 6.04 Å². The van der Waals surface area contributed by atoms with Gasteiger partial charge in [-0.3, -0.25) is 24.6 Å². The molecule has 2 aliphatic rings. The van der Waals surface area contributed by atoms with Crippen molar-refractivity contribution in [3.8, 4) is 0 Å². The van der Waals surface area contributed by atoms with Crippen LogP contribution in [0.4, 0.5) is 4.79 Å². The highest BCUT2D eigenvalue weighted by Gasteiger charge is 2.50. The van der Waals surface area contributed by atoms with E-state index in [1.165, 1.54) is 6.92 Å². The summed E-state index contributed by atoms with van der Waals surface area (Å²) < 4.78 is 4.71. The van der Waals surface area contributed by atoms with Crippen molar-refractivity contribution in [3.05, 3.63) is 12.2 Å². The smallest absolute Gasteiger partial charge is 0.329 e. The van der Waals surface area contributed by atoms with Crippen LogP contribution in [0, 0.1) is 11.8 Å². The lowest BCUT2D eigenvalue weighted by atomic mass is 9.85. The van der Waals surface area contributed by atoms with Crippen molar-refractivity contribution >= 4 is 29.7 Å². The number of rotatable bonds is 4. The maximum Gasteiger partial charge on any atom is 0.329 e. The summed E-state index contributed by atoms with van der Waals surface area (Å²) in [5.74, 6) is -3.50. The van der Waals surface area contributed by atoms with Gasteiger partial charge >= 0.3 is 12.0 Å². The Morgan fingerprint density at radius 2 is 1.78 bits per heavy atom. The molecule has 1 fully saturated rings. The van der Waals surface area contributed by atoms with E-state index in [0.29, 0.717) is 12.8 Å². The van der Waals surface area contributed by atoms with E-state index < -0.39 is 54.2 Å². The average molecular weight is 323 g/mol. The largest absolute Gasteiger partial charge is 0.454 e. The molecule has 0 aromatic heterocycles. The number of nitrogens with one attached hydrogen (secondary N) is 1. The van der Waals surface area contributed by atoms with Crippen LogP contribution < -0.4 is 11.1 Å². The molecule has 1 aliphatic heterocycles. The Labute approximate surface area is 131 Å². The van der Waals surface area contributed by atoms with Gasteiger partial charge in [-0.1, -0.05) is 12.2 Å². The Bertz CT molecular complexity index is 573. The van der Waals surface area contributed by atoms with Crippen LogP contribution in [-0.2, 0) is 23.9 Å². The van der Waals surface area contributed by atoms with Crippen molar-refractivity contribution in [1.82, 2.24) is 10.2 Å². The predicted octanol–water partition coefficient (Wildman–Crippen LogP) is -0.936. The summed E-state index contributed by atoms with van der Waals surface area (Å²) in [4.78, 5) is 59.1. The first-order valence-corrected chi connectivity index (χ1v) is 7.10. The molecule has 23 heavy (non-hydrogen) atoms. The number of imide groups is 2. The maximum absolute atomic E-state index is 12.3. The first-order valence-electron chi connectivity index (χ1n) is 7.10. The highest BCUT2D eigenvalue weighted by Crippen LogP contribution is 2.36. The standard InChI is InChI=1S/C14H17N3O6/c1-7(13(21)23-6-10(18)16-14(15)22)17-11(19)8-4-2-3-5-9(8)12(17)20/h2-3,7-9H,4-6H2,1H3,(H3,15,16,18,22)/t7-,8+,9+/m0/s1. The molecule has 1 aliphatic carbocycles. The highest BCUT2D eigenvalue weighted by molar-refractivity contribution is 6.08. The SMILES string of the molecule is C[C@@H](C(=O)OCC(=O)NC(N)=O)N1C(=O)[C@@H]2CC=CC[C@H]2C1=O. The van der Waals surface area contributed by atoms with Crippen LogP contribution >= 0.6 is 0 Å². The monoisotopic (exact) mass is 323 g/mol. The van der Waals surface area contributed by atoms with Crippen molar-refractivity contribution < 1.29 is 28.7 Å². The molecular weight excluding hydrogens is 306 g/mol. The van der Waals surface area contributed by atoms with E-state index >= 15 is 0 Å². The predicted molar refractivity (Wildman–Crippen MR) is 75.4 cm³/mol. The van der Waals surface area contributed by atoms with E-state index in [2.05, 4.69) is 0 Å². The number of esters is 1. The fourth-order valence-electron chi connectivity index (χ4n) is 2.74. The Morgan fingerprint density at radius 1 is 1.26 bits per heavy atom. The Kier molecular flexibility index (Phi) is 4.77. The van der Waals surface area contributed by atoms with Gasteiger partial charge in [0.05, 0.1) is 11.8 Å². The van der Waals surface area contributed by atoms with Gasteiger partial charge in [-0.05, 0) is 19.8 Å². The van der Waals surface area contributed by atoms with Gasteiger partial charge in [-0.25, -0.2) is 9.59 Å². The number of primary amides is 1. The van der Waals surface area contributed by atoms with E-state index in [9.17, 15) is 24.0 Å². The zero-order valence-corrected chi connectivity index (χ0v) is 12.5. The van der Waals surface area contributed by atoms with Crippen LogP contribution in [0.5, 0.6) is 0 Å². The van der Waals surface area contributed by atoms with Crippen LogP contribution in [0.15, 0.2) is 12.2 Å². The Balaban J connectivity index is 1.97. The molecule has 9 nitrogen and oxygen atoms in total. The van der Waals surface area contributed by atoms with Crippen molar-refractivity contribution in [2.45, 2.75) is 25.8 Å². The second kappa shape index (κ2) is 6.59. The molecule has 0 saturated carbocycles.